The highest BCUT2D eigenvalue weighted by Crippen LogP contribution is 2.26. The van der Waals surface area contributed by atoms with Gasteiger partial charge < -0.3 is 19.9 Å². The molecule has 0 spiro atoms. The molecule has 128 valence electrons. The second-order valence-corrected chi connectivity index (χ2v) is 6.86. The summed E-state index contributed by atoms with van der Waals surface area (Å²) in [7, 11) is -2.26. The average molecular weight is 344 g/mol. The smallest absolute Gasteiger partial charge is 0.335 e. The third-order valence-corrected chi connectivity index (χ3v) is 5.38. The molecule has 2 N–H and O–H groups in total. The Labute approximate surface area is 135 Å². The van der Waals surface area contributed by atoms with Gasteiger partial charge in [0.1, 0.15) is 4.90 Å². The van der Waals surface area contributed by atoms with Gasteiger partial charge >= 0.3 is 5.97 Å². The molecular formula is C14H20N2O6S. The number of hydrogen-bond donors (Lipinski definition) is 2. The van der Waals surface area contributed by atoms with Gasteiger partial charge in [-0.05, 0) is 18.2 Å². The predicted octanol–water partition coefficient (Wildman–Crippen LogP) is 0.464. The van der Waals surface area contributed by atoms with E-state index in [1.807, 2.05) is 0 Å². The number of carboxylic acids is 1. The number of methoxy groups -OCH3 is 1. The third-order valence-electron chi connectivity index (χ3n) is 3.44. The van der Waals surface area contributed by atoms with Gasteiger partial charge in [-0.2, -0.15) is 4.31 Å². The number of anilines is 1. The SMILES string of the molecule is COCCNc1ccc(C(=O)O)cc1S(=O)(=O)N1CCOCC1. The average Bonchev–Trinajstić information content (AvgIpc) is 2.56. The second kappa shape index (κ2) is 7.73. The Balaban J connectivity index is 2.38. The lowest BCUT2D eigenvalue weighted by molar-refractivity contribution is 0.0696. The first-order valence-corrected chi connectivity index (χ1v) is 8.59. The van der Waals surface area contributed by atoms with Crippen LogP contribution in [0.25, 0.3) is 0 Å². The van der Waals surface area contributed by atoms with Crippen LogP contribution in [-0.2, 0) is 19.5 Å². The van der Waals surface area contributed by atoms with E-state index in [-0.39, 0.29) is 23.5 Å². The van der Waals surface area contributed by atoms with Crippen molar-refractivity contribution in [1.82, 2.24) is 4.31 Å². The molecule has 8 nitrogen and oxygen atoms in total. The summed E-state index contributed by atoms with van der Waals surface area (Å²) in [6, 6.07) is 4.02. The standard InChI is InChI=1S/C14H20N2O6S/c1-21-7-4-15-12-3-2-11(14(17)18)10-13(12)23(19,20)16-5-8-22-9-6-16/h2-3,10,15H,4-9H2,1H3,(H,17,18). The fourth-order valence-corrected chi connectivity index (χ4v) is 3.83. The van der Waals surface area contributed by atoms with Crippen LogP contribution in [0.4, 0.5) is 5.69 Å². The number of nitrogens with one attached hydrogen (secondary N) is 1. The lowest BCUT2D eigenvalue weighted by Gasteiger charge is -2.27. The van der Waals surface area contributed by atoms with E-state index < -0.39 is 16.0 Å². The highest BCUT2D eigenvalue weighted by molar-refractivity contribution is 7.89. The number of carboxylic acid groups (broad SMARTS) is 1. The number of aromatic carboxylic acids is 1. The summed E-state index contributed by atoms with van der Waals surface area (Å²) in [6.07, 6.45) is 0. The maximum Gasteiger partial charge on any atom is 0.335 e. The van der Waals surface area contributed by atoms with Crippen molar-refractivity contribution in [1.29, 1.82) is 0 Å². The predicted molar refractivity (Wildman–Crippen MR) is 83.3 cm³/mol. The fourth-order valence-electron chi connectivity index (χ4n) is 2.23. The molecule has 1 aliphatic rings. The van der Waals surface area contributed by atoms with Crippen LogP contribution in [0.2, 0.25) is 0 Å². The molecule has 1 fully saturated rings. The molecule has 0 atom stereocenters. The van der Waals surface area contributed by atoms with Crippen LogP contribution in [0.3, 0.4) is 0 Å². The van der Waals surface area contributed by atoms with Gasteiger partial charge in [0.2, 0.25) is 10.0 Å². The van der Waals surface area contributed by atoms with Gasteiger partial charge in [-0.3, -0.25) is 0 Å². The Morgan fingerprint density at radius 3 is 2.70 bits per heavy atom. The minimum absolute atomic E-state index is 0.0459. The van der Waals surface area contributed by atoms with Gasteiger partial charge in [0.05, 0.1) is 31.1 Å². The number of morpholine rings is 1. The molecule has 0 bridgehead atoms. The van der Waals surface area contributed by atoms with Crippen molar-refractivity contribution < 1.29 is 27.8 Å². The Bertz CT molecular complexity index is 655. The van der Waals surface area contributed by atoms with Crippen LogP contribution in [-0.4, -0.2) is 70.4 Å². The van der Waals surface area contributed by atoms with Crippen molar-refractivity contribution in [2.24, 2.45) is 0 Å². The summed E-state index contributed by atoms with van der Waals surface area (Å²) in [5.74, 6) is -1.17. The van der Waals surface area contributed by atoms with Gasteiger partial charge in [0.15, 0.2) is 0 Å². The van der Waals surface area contributed by atoms with E-state index in [0.717, 1.165) is 0 Å². The summed E-state index contributed by atoms with van der Waals surface area (Å²) in [6.45, 7) is 1.95. The summed E-state index contributed by atoms with van der Waals surface area (Å²) in [4.78, 5) is 11.1. The van der Waals surface area contributed by atoms with Crippen LogP contribution < -0.4 is 5.32 Å². The Hall–Kier alpha value is -1.68. The van der Waals surface area contributed by atoms with Crippen LogP contribution >= 0.6 is 0 Å². The lowest BCUT2D eigenvalue weighted by atomic mass is 10.2. The van der Waals surface area contributed by atoms with Crippen molar-refractivity contribution in [3.05, 3.63) is 23.8 Å². The molecule has 0 amide bonds. The van der Waals surface area contributed by atoms with Gasteiger partial charge in [-0.1, -0.05) is 0 Å². The monoisotopic (exact) mass is 344 g/mol. The zero-order valence-electron chi connectivity index (χ0n) is 12.8. The number of benzene rings is 1. The van der Waals surface area contributed by atoms with Gasteiger partial charge in [0.25, 0.3) is 0 Å². The molecule has 1 heterocycles. The maximum atomic E-state index is 12.8. The molecule has 0 aliphatic carbocycles. The summed E-state index contributed by atoms with van der Waals surface area (Å²) >= 11 is 0. The molecule has 0 aromatic heterocycles. The Kier molecular flexibility index (Phi) is 5.94. The van der Waals surface area contributed by atoms with Crippen molar-refractivity contribution in [3.8, 4) is 0 Å². The van der Waals surface area contributed by atoms with Crippen molar-refractivity contribution >= 4 is 21.7 Å². The number of ether oxygens (including phenoxy) is 2. The number of carbonyl (C=O) groups is 1. The van der Waals surface area contributed by atoms with Crippen molar-refractivity contribution in [2.45, 2.75) is 4.90 Å². The zero-order chi connectivity index (χ0) is 16.9. The van der Waals surface area contributed by atoms with E-state index in [4.69, 9.17) is 14.6 Å². The largest absolute Gasteiger partial charge is 0.478 e. The molecular weight excluding hydrogens is 324 g/mol. The lowest BCUT2D eigenvalue weighted by Crippen LogP contribution is -2.40. The molecule has 1 saturated heterocycles. The highest BCUT2D eigenvalue weighted by Gasteiger charge is 2.29. The molecule has 1 aliphatic heterocycles. The quantitative estimate of drug-likeness (QED) is 0.693. The van der Waals surface area contributed by atoms with Crippen LogP contribution in [0.15, 0.2) is 23.1 Å². The molecule has 1 aromatic carbocycles. The van der Waals surface area contributed by atoms with Crippen LogP contribution in [0, 0.1) is 0 Å². The number of rotatable bonds is 7. The number of hydrogen-bond acceptors (Lipinski definition) is 6. The van der Waals surface area contributed by atoms with E-state index in [1.54, 1.807) is 7.11 Å². The van der Waals surface area contributed by atoms with Gasteiger partial charge in [-0.25, -0.2) is 13.2 Å². The van der Waals surface area contributed by atoms with Crippen LogP contribution in [0.1, 0.15) is 10.4 Å². The van der Waals surface area contributed by atoms with E-state index in [2.05, 4.69) is 5.32 Å². The summed E-state index contributed by atoms with van der Waals surface area (Å²) < 4.78 is 37.1. The van der Waals surface area contributed by atoms with E-state index >= 15 is 0 Å². The summed E-state index contributed by atoms with van der Waals surface area (Å²) in [5.41, 5.74) is 0.285. The van der Waals surface area contributed by atoms with Crippen molar-refractivity contribution in [2.75, 3.05) is 51.9 Å². The molecule has 2 rings (SSSR count). The fraction of sp³-hybridized carbons (Fsp3) is 0.500. The molecule has 9 heteroatoms. The first-order valence-electron chi connectivity index (χ1n) is 7.15. The molecule has 0 saturated carbocycles. The Morgan fingerprint density at radius 1 is 1.39 bits per heavy atom. The number of sulfonamides is 1. The first-order chi connectivity index (χ1) is 11.0. The Morgan fingerprint density at radius 2 is 2.09 bits per heavy atom. The van der Waals surface area contributed by atoms with E-state index in [9.17, 15) is 13.2 Å². The molecule has 23 heavy (non-hydrogen) atoms. The van der Waals surface area contributed by atoms with Crippen LogP contribution in [0.5, 0.6) is 0 Å². The zero-order valence-corrected chi connectivity index (χ0v) is 13.6. The normalized spacial score (nSPS) is 16.2. The summed E-state index contributed by atoms with van der Waals surface area (Å²) in [5, 5.41) is 12.1. The van der Waals surface area contributed by atoms with E-state index in [0.29, 0.717) is 32.1 Å². The van der Waals surface area contributed by atoms with E-state index in [1.165, 1.54) is 22.5 Å². The topological polar surface area (TPSA) is 105 Å². The maximum absolute atomic E-state index is 12.8. The molecule has 0 radical (unpaired) electrons. The third kappa shape index (κ3) is 4.20. The molecule has 1 aromatic rings. The highest BCUT2D eigenvalue weighted by atomic mass is 32.2. The van der Waals surface area contributed by atoms with Gasteiger partial charge in [-0.15, -0.1) is 0 Å². The minimum atomic E-state index is -3.80. The molecule has 0 unspecified atom stereocenters. The van der Waals surface area contributed by atoms with Crippen molar-refractivity contribution in [3.63, 3.8) is 0 Å². The first kappa shape index (κ1) is 17.7. The second-order valence-electron chi connectivity index (χ2n) is 4.95. The van der Waals surface area contributed by atoms with Gasteiger partial charge in [0, 0.05) is 26.7 Å². The minimum Gasteiger partial charge on any atom is -0.478 e. The number of nitrogens with zero attached hydrogens (tertiary/aromatic N) is 1.